The maximum atomic E-state index is 8.42. The third kappa shape index (κ3) is 9.74. The minimum Gasteiger partial charge on any atom is -0.396 e. The van der Waals surface area contributed by atoms with Gasteiger partial charge in [-0.2, -0.15) is 0 Å². The summed E-state index contributed by atoms with van der Waals surface area (Å²) in [7, 11) is 0. The fraction of sp³-hybridized carbons (Fsp3) is 1.00. The van der Waals surface area contributed by atoms with E-state index in [4.69, 9.17) is 16.6 Å². The molecule has 0 aromatic carbocycles. The van der Waals surface area contributed by atoms with Crippen LogP contribution < -0.4 is 11.5 Å². The molecule has 0 saturated carbocycles. The Labute approximate surface area is 65.5 Å². The number of rotatable bonds is 4. The summed E-state index contributed by atoms with van der Waals surface area (Å²) in [6, 6.07) is 0. The monoisotopic (exact) mass is 172 g/mol. The summed E-state index contributed by atoms with van der Waals surface area (Å²) < 4.78 is 0. The van der Waals surface area contributed by atoms with Crippen LogP contribution >= 0.6 is 0 Å². The van der Waals surface area contributed by atoms with Crippen molar-refractivity contribution >= 4 is 0 Å². The van der Waals surface area contributed by atoms with E-state index in [-0.39, 0.29) is 22.2 Å². The highest BCUT2D eigenvalue weighted by molar-refractivity contribution is 4.61. The molecule has 0 aromatic rings. The molecule has 3 nitrogen and oxygen atoms in total. The molecule has 0 aliphatic rings. The first-order valence-electron chi connectivity index (χ1n) is 3.30. The molecule has 0 aromatic heterocycles. The molecule has 0 heterocycles. The average Bonchev–Trinajstić information content (AvgIpc) is 1.82. The number of aliphatic hydroxyl groups is 1. The van der Waals surface area contributed by atoms with Crippen molar-refractivity contribution in [2.75, 3.05) is 6.61 Å². The molecule has 0 radical (unpaired) electrons. The van der Waals surface area contributed by atoms with E-state index in [0.29, 0.717) is 5.92 Å². The second-order valence-corrected chi connectivity index (χ2v) is 2.42. The maximum absolute atomic E-state index is 8.42. The van der Waals surface area contributed by atoms with Crippen LogP contribution in [-0.4, -0.2) is 17.9 Å². The van der Waals surface area contributed by atoms with Crippen molar-refractivity contribution in [1.82, 2.24) is 0 Å². The highest BCUT2D eigenvalue weighted by Gasteiger charge is 2.05. The van der Waals surface area contributed by atoms with Crippen LogP contribution in [0.2, 0.25) is 0 Å². The molecular formula is C6H18F2N2O. The number of aliphatic hydroxyl groups excluding tert-OH is 1. The first-order chi connectivity index (χ1) is 4.18. The van der Waals surface area contributed by atoms with Crippen molar-refractivity contribution in [3.63, 3.8) is 0 Å². The van der Waals surface area contributed by atoms with Crippen LogP contribution in [0.5, 0.6) is 0 Å². The van der Waals surface area contributed by atoms with Crippen molar-refractivity contribution in [1.29, 1.82) is 0 Å². The lowest BCUT2D eigenvalue weighted by atomic mass is 10.0. The fourth-order valence-corrected chi connectivity index (χ4v) is 0.606. The molecule has 0 spiro atoms. The van der Waals surface area contributed by atoms with Gasteiger partial charge in [-0.3, -0.25) is 9.41 Å². The summed E-state index contributed by atoms with van der Waals surface area (Å²) >= 11 is 0. The van der Waals surface area contributed by atoms with Crippen LogP contribution in [0.25, 0.3) is 0 Å². The van der Waals surface area contributed by atoms with Gasteiger partial charge in [0.15, 0.2) is 0 Å². The van der Waals surface area contributed by atoms with E-state index in [1.165, 1.54) is 0 Å². The average molecular weight is 172 g/mol. The molecule has 0 amide bonds. The Hall–Kier alpha value is -0.260. The molecule has 11 heavy (non-hydrogen) atoms. The number of hydrogen-bond donors (Lipinski definition) is 3. The first-order valence-corrected chi connectivity index (χ1v) is 3.30. The van der Waals surface area contributed by atoms with E-state index in [2.05, 4.69) is 0 Å². The highest BCUT2D eigenvalue weighted by Crippen LogP contribution is 2.04. The standard InChI is InChI=1S/C6H16N2O.2FH/c1-5(6(7)8)3-2-4-9;;/h5-6,9H,2-4,7-8H2,1H3;2*1H. The van der Waals surface area contributed by atoms with Crippen LogP contribution in [0.1, 0.15) is 19.8 Å². The zero-order chi connectivity index (χ0) is 7.28. The van der Waals surface area contributed by atoms with E-state index >= 15 is 0 Å². The Kier molecular flexibility index (Phi) is 15.1. The van der Waals surface area contributed by atoms with Gasteiger partial charge in [0.1, 0.15) is 0 Å². The summed E-state index contributed by atoms with van der Waals surface area (Å²) in [6.45, 7) is 2.22. The Morgan fingerprint density at radius 1 is 1.27 bits per heavy atom. The fourth-order valence-electron chi connectivity index (χ4n) is 0.606. The van der Waals surface area contributed by atoms with E-state index < -0.39 is 0 Å². The third-order valence-corrected chi connectivity index (χ3v) is 1.47. The van der Waals surface area contributed by atoms with Crippen LogP contribution in [0.3, 0.4) is 0 Å². The molecular weight excluding hydrogens is 154 g/mol. The summed E-state index contributed by atoms with van der Waals surface area (Å²) in [5, 5.41) is 8.42. The first kappa shape index (κ1) is 17.0. The molecule has 72 valence electrons. The maximum Gasteiger partial charge on any atom is 0.0547 e. The molecule has 0 bridgehead atoms. The second-order valence-electron chi connectivity index (χ2n) is 2.42. The Balaban J connectivity index is -0.000000320. The molecule has 0 fully saturated rings. The van der Waals surface area contributed by atoms with Gasteiger partial charge in [0.25, 0.3) is 0 Å². The Morgan fingerprint density at radius 2 is 1.73 bits per heavy atom. The zero-order valence-corrected chi connectivity index (χ0v) is 6.69. The largest absolute Gasteiger partial charge is 0.396 e. The molecule has 1 unspecified atom stereocenters. The van der Waals surface area contributed by atoms with Crippen molar-refractivity contribution in [3.8, 4) is 0 Å². The number of hydrogen-bond acceptors (Lipinski definition) is 3. The van der Waals surface area contributed by atoms with Crippen molar-refractivity contribution in [2.24, 2.45) is 17.4 Å². The van der Waals surface area contributed by atoms with Gasteiger partial charge in [0.05, 0.1) is 6.17 Å². The second kappa shape index (κ2) is 9.74. The number of halogens is 2. The van der Waals surface area contributed by atoms with Crippen molar-refractivity contribution < 1.29 is 14.5 Å². The van der Waals surface area contributed by atoms with Gasteiger partial charge in [0.2, 0.25) is 0 Å². The minimum atomic E-state index is -0.239. The lowest BCUT2D eigenvalue weighted by Crippen LogP contribution is -2.37. The van der Waals surface area contributed by atoms with Crippen molar-refractivity contribution in [2.45, 2.75) is 25.9 Å². The molecule has 5 N–H and O–H groups in total. The summed E-state index contributed by atoms with van der Waals surface area (Å²) in [5.74, 6) is 0.317. The predicted molar refractivity (Wildman–Crippen MR) is 42.7 cm³/mol. The minimum absolute atomic E-state index is 0. The van der Waals surface area contributed by atoms with Gasteiger partial charge in [0, 0.05) is 6.61 Å². The van der Waals surface area contributed by atoms with Crippen molar-refractivity contribution in [3.05, 3.63) is 0 Å². The van der Waals surface area contributed by atoms with E-state index in [0.717, 1.165) is 12.8 Å². The van der Waals surface area contributed by atoms with Crippen LogP contribution in [-0.2, 0) is 0 Å². The highest BCUT2D eigenvalue weighted by atomic mass is 19.0. The predicted octanol–water partition coefficient (Wildman–Crippen LogP) is -0.0565. The lowest BCUT2D eigenvalue weighted by molar-refractivity contribution is 0.267. The summed E-state index contributed by atoms with van der Waals surface area (Å²) in [6.07, 6.45) is 1.47. The molecule has 0 rings (SSSR count). The molecule has 0 aliphatic heterocycles. The third-order valence-electron chi connectivity index (χ3n) is 1.47. The van der Waals surface area contributed by atoms with Crippen LogP contribution in [0, 0.1) is 5.92 Å². The molecule has 5 heteroatoms. The van der Waals surface area contributed by atoms with Gasteiger partial charge in [-0.05, 0) is 18.8 Å². The quantitative estimate of drug-likeness (QED) is 0.520. The Bertz CT molecular complexity index is 73.6. The lowest BCUT2D eigenvalue weighted by Gasteiger charge is -2.13. The summed E-state index contributed by atoms with van der Waals surface area (Å²) in [5.41, 5.74) is 10.7. The van der Waals surface area contributed by atoms with Crippen LogP contribution in [0.4, 0.5) is 9.41 Å². The van der Waals surface area contributed by atoms with Gasteiger partial charge in [-0.15, -0.1) is 0 Å². The summed E-state index contributed by atoms with van der Waals surface area (Å²) in [4.78, 5) is 0. The topological polar surface area (TPSA) is 72.3 Å². The molecule has 0 saturated heterocycles. The normalized spacial score (nSPS) is 11.7. The van der Waals surface area contributed by atoms with E-state index in [1.54, 1.807) is 0 Å². The Morgan fingerprint density at radius 3 is 2.00 bits per heavy atom. The molecule has 1 atom stereocenters. The van der Waals surface area contributed by atoms with Gasteiger partial charge in [-0.25, -0.2) is 0 Å². The van der Waals surface area contributed by atoms with E-state index in [9.17, 15) is 0 Å². The van der Waals surface area contributed by atoms with Gasteiger partial charge in [-0.1, -0.05) is 6.92 Å². The smallest absolute Gasteiger partial charge is 0.0547 e. The van der Waals surface area contributed by atoms with Gasteiger partial charge >= 0.3 is 0 Å². The van der Waals surface area contributed by atoms with Gasteiger partial charge < -0.3 is 16.6 Å². The molecule has 0 aliphatic carbocycles. The zero-order valence-electron chi connectivity index (χ0n) is 6.69. The number of nitrogens with two attached hydrogens (primary N) is 2. The SMILES string of the molecule is CC(CCCO)C(N)N.F.F. The van der Waals surface area contributed by atoms with E-state index in [1.807, 2.05) is 6.92 Å². The van der Waals surface area contributed by atoms with Crippen LogP contribution in [0.15, 0.2) is 0 Å².